The summed E-state index contributed by atoms with van der Waals surface area (Å²) in [6.07, 6.45) is 4.61. The Bertz CT molecular complexity index is 644. The molecule has 118 valence electrons. The van der Waals surface area contributed by atoms with Crippen LogP contribution in [0.5, 0.6) is 0 Å². The maximum atomic E-state index is 12.1. The Morgan fingerprint density at radius 1 is 1.36 bits per heavy atom. The normalized spacial score (nSPS) is 14.1. The summed E-state index contributed by atoms with van der Waals surface area (Å²) in [5.41, 5.74) is 1.18. The molecule has 0 radical (unpaired) electrons. The van der Waals surface area contributed by atoms with Crippen LogP contribution in [0.25, 0.3) is 0 Å². The number of nitrogens with zero attached hydrogens (tertiary/aromatic N) is 2. The number of thiophene rings is 1. The van der Waals surface area contributed by atoms with Gasteiger partial charge < -0.3 is 5.32 Å². The van der Waals surface area contributed by atoms with Crippen molar-refractivity contribution in [3.8, 4) is 0 Å². The van der Waals surface area contributed by atoms with Gasteiger partial charge in [0.1, 0.15) is 0 Å². The van der Waals surface area contributed by atoms with E-state index in [1.807, 2.05) is 18.0 Å². The van der Waals surface area contributed by atoms with Crippen molar-refractivity contribution < 1.29 is 4.79 Å². The molecule has 0 fully saturated rings. The van der Waals surface area contributed by atoms with E-state index in [4.69, 9.17) is 0 Å². The van der Waals surface area contributed by atoms with Gasteiger partial charge in [0.05, 0.1) is 16.0 Å². The van der Waals surface area contributed by atoms with E-state index in [-0.39, 0.29) is 5.91 Å². The first-order valence-corrected chi connectivity index (χ1v) is 9.74. The van der Waals surface area contributed by atoms with Gasteiger partial charge >= 0.3 is 0 Å². The minimum Gasteiger partial charge on any atom is -0.301 e. The molecule has 0 bridgehead atoms. The highest BCUT2D eigenvalue weighted by molar-refractivity contribution is 9.11. The molecule has 1 aliphatic carbocycles. The highest BCUT2D eigenvalue weighted by Crippen LogP contribution is 2.29. The van der Waals surface area contributed by atoms with Crippen LogP contribution in [0.4, 0.5) is 5.13 Å². The number of amides is 1. The summed E-state index contributed by atoms with van der Waals surface area (Å²) in [4.78, 5) is 21.3. The van der Waals surface area contributed by atoms with Crippen LogP contribution >= 0.6 is 38.6 Å². The van der Waals surface area contributed by atoms with Crippen molar-refractivity contribution in [2.45, 2.75) is 32.2 Å². The fourth-order valence-corrected chi connectivity index (χ4v) is 5.20. The highest BCUT2D eigenvalue weighted by atomic mass is 79.9. The lowest BCUT2D eigenvalue weighted by atomic mass is 10.0. The molecular weight excluding hydrogens is 382 g/mol. The summed E-state index contributed by atoms with van der Waals surface area (Å²) in [6.45, 7) is 1.15. The molecule has 2 aromatic rings. The third kappa shape index (κ3) is 4.16. The number of carbonyl (C=O) groups excluding carboxylic acids is 1. The number of halogens is 1. The number of rotatable bonds is 5. The summed E-state index contributed by atoms with van der Waals surface area (Å²) >= 11 is 6.79. The molecule has 0 aliphatic heterocycles. The van der Waals surface area contributed by atoms with Crippen molar-refractivity contribution in [1.29, 1.82) is 0 Å². The first kappa shape index (κ1) is 16.1. The van der Waals surface area contributed by atoms with Crippen molar-refractivity contribution in [3.63, 3.8) is 0 Å². The second kappa shape index (κ2) is 7.21. The predicted octanol–water partition coefficient (Wildman–Crippen LogP) is 3.92. The Labute approximate surface area is 146 Å². The van der Waals surface area contributed by atoms with Crippen LogP contribution in [-0.2, 0) is 24.2 Å². The van der Waals surface area contributed by atoms with E-state index in [9.17, 15) is 4.79 Å². The molecule has 0 spiro atoms. The molecule has 7 heteroatoms. The standard InChI is InChI=1S/C15H18BrN3OS2/c1-19(8-10-6-7-13(16)21-10)9-14(20)18-15-17-11-4-2-3-5-12(11)22-15/h6-7H,2-5,8-9H2,1H3,(H,17,18,20). The molecule has 1 aliphatic rings. The van der Waals surface area contributed by atoms with Crippen LogP contribution in [0.15, 0.2) is 15.9 Å². The first-order valence-electron chi connectivity index (χ1n) is 7.31. The monoisotopic (exact) mass is 399 g/mol. The van der Waals surface area contributed by atoms with E-state index in [2.05, 4.69) is 32.3 Å². The molecule has 1 N–H and O–H groups in total. The zero-order valence-electron chi connectivity index (χ0n) is 12.4. The topological polar surface area (TPSA) is 45.2 Å². The maximum Gasteiger partial charge on any atom is 0.240 e. The number of hydrogen-bond donors (Lipinski definition) is 1. The second-order valence-corrected chi connectivity index (χ2v) is 9.15. The van der Waals surface area contributed by atoms with Crippen molar-refractivity contribution >= 4 is 49.6 Å². The van der Waals surface area contributed by atoms with Crippen LogP contribution in [0, 0.1) is 0 Å². The Hall–Kier alpha value is -0.760. The summed E-state index contributed by atoms with van der Waals surface area (Å²) in [6, 6.07) is 4.12. The lowest BCUT2D eigenvalue weighted by Crippen LogP contribution is -2.29. The maximum absolute atomic E-state index is 12.1. The molecule has 2 aromatic heterocycles. The van der Waals surface area contributed by atoms with Gasteiger partial charge in [-0.05, 0) is 60.8 Å². The molecule has 0 saturated carbocycles. The lowest BCUT2D eigenvalue weighted by molar-refractivity contribution is -0.117. The Morgan fingerprint density at radius 3 is 2.91 bits per heavy atom. The SMILES string of the molecule is CN(CC(=O)Nc1nc2c(s1)CCCC2)Cc1ccc(Br)s1. The summed E-state index contributed by atoms with van der Waals surface area (Å²) < 4.78 is 1.12. The molecule has 0 saturated heterocycles. The van der Waals surface area contributed by atoms with Crippen molar-refractivity contribution in [1.82, 2.24) is 9.88 Å². The number of thiazole rings is 1. The minimum atomic E-state index is 0.00391. The van der Waals surface area contributed by atoms with Gasteiger partial charge in [0.2, 0.25) is 5.91 Å². The molecule has 4 nitrogen and oxygen atoms in total. The number of likely N-dealkylation sites (N-methyl/N-ethyl adjacent to an activating group) is 1. The molecule has 22 heavy (non-hydrogen) atoms. The van der Waals surface area contributed by atoms with Crippen LogP contribution in [0.3, 0.4) is 0 Å². The molecule has 3 rings (SSSR count). The minimum absolute atomic E-state index is 0.00391. The third-order valence-corrected chi connectivity index (χ3v) is 6.24. The van der Waals surface area contributed by atoms with Crippen LogP contribution < -0.4 is 5.32 Å². The smallest absolute Gasteiger partial charge is 0.240 e. The van der Waals surface area contributed by atoms with Crippen LogP contribution in [0.2, 0.25) is 0 Å². The molecule has 1 amide bonds. The zero-order chi connectivity index (χ0) is 15.5. The summed E-state index contributed by atoms with van der Waals surface area (Å²) in [5, 5.41) is 3.70. The number of anilines is 1. The fourth-order valence-electron chi connectivity index (χ4n) is 2.57. The number of fused-ring (bicyclic) bond motifs is 1. The van der Waals surface area contributed by atoms with Gasteiger partial charge in [0.25, 0.3) is 0 Å². The van der Waals surface area contributed by atoms with E-state index in [1.165, 1.54) is 28.3 Å². The van der Waals surface area contributed by atoms with Gasteiger partial charge in [0, 0.05) is 16.3 Å². The number of carbonyl (C=O) groups is 1. The van der Waals surface area contributed by atoms with Crippen LogP contribution in [0.1, 0.15) is 28.3 Å². The predicted molar refractivity (Wildman–Crippen MR) is 95.7 cm³/mol. The Balaban J connectivity index is 1.52. The Kier molecular flexibility index (Phi) is 5.28. The van der Waals surface area contributed by atoms with E-state index in [0.29, 0.717) is 6.54 Å². The van der Waals surface area contributed by atoms with Gasteiger partial charge in [-0.2, -0.15) is 0 Å². The van der Waals surface area contributed by atoms with E-state index < -0.39 is 0 Å². The average molecular weight is 400 g/mol. The average Bonchev–Trinajstić information content (AvgIpc) is 3.03. The van der Waals surface area contributed by atoms with Crippen LogP contribution in [-0.4, -0.2) is 29.4 Å². The Morgan fingerprint density at radius 2 is 2.18 bits per heavy atom. The first-order chi connectivity index (χ1) is 10.6. The van der Waals surface area contributed by atoms with E-state index >= 15 is 0 Å². The summed E-state index contributed by atoms with van der Waals surface area (Å²) in [5.74, 6) is 0.00391. The van der Waals surface area contributed by atoms with Gasteiger partial charge in [-0.3, -0.25) is 9.69 Å². The van der Waals surface area contributed by atoms with Gasteiger partial charge in [-0.15, -0.1) is 22.7 Å². The molecule has 0 unspecified atom stereocenters. The lowest BCUT2D eigenvalue weighted by Gasteiger charge is -2.14. The number of aromatic nitrogens is 1. The molecule has 0 atom stereocenters. The van der Waals surface area contributed by atoms with Gasteiger partial charge in [0.15, 0.2) is 5.13 Å². The molecule has 0 aromatic carbocycles. The molecular formula is C15H18BrN3OS2. The summed E-state index contributed by atoms with van der Waals surface area (Å²) in [7, 11) is 1.96. The second-order valence-electron chi connectivity index (χ2n) is 5.52. The quantitative estimate of drug-likeness (QED) is 0.828. The van der Waals surface area contributed by atoms with Gasteiger partial charge in [-0.25, -0.2) is 4.98 Å². The zero-order valence-corrected chi connectivity index (χ0v) is 15.6. The van der Waals surface area contributed by atoms with Gasteiger partial charge in [-0.1, -0.05) is 0 Å². The van der Waals surface area contributed by atoms with Crippen molar-refractivity contribution in [2.75, 3.05) is 18.9 Å². The third-order valence-electron chi connectivity index (χ3n) is 3.56. The van der Waals surface area contributed by atoms with Crippen molar-refractivity contribution in [2.24, 2.45) is 0 Å². The number of nitrogens with one attached hydrogen (secondary N) is 1. The fraction of sp³-hybridized carbons (Fsp3) is 0.467. The number of hydrogen-bond acceptors (Lipinski definition) is 5. The highest BCUT2D eigenvalue weighted by Gasteiger charge is 2.17. The van der Waals surface area contributed by atoms with E-state index in [0.717, 1.165) is 28.3 Å². The molecule has 2 heterocycles. The van der Waals surface area contributed by atoms with E-state index in [1.54, 1.807) is 22.7 Å². The number of aryl methyl sites for hydroxylation is 2. The largest absolute Gasteiger partial charge is 0.301 e. The van der Waals surface area contributed by atoms with Crippen molar-refractivity contribution in [3.05, 3.63) is 31.4 Å².